The zero-order valence-corrected chi connectivity index (χ0v) is 12.3. The molecule has 0 spiro atoms. The van der Waals surface area contributed by atoms with E-state index >= 15 is 0 Å². The van der Waals surface area contributed by atoms with Crippen molar-refractivity contribution in [3.63, 3.8) is 0 Å². The lowest BCUT2D eigenvalue weighted by atomic mass is 9.96. The molecule has 2 unspecified atom stereocenters. The summed E-state index contributed by atoms with van der Waals surface area (Å²) in [6.07, 6.45) is -0.744. The van der Waals surface area contributed by atoms with Gasteiger partial charge in [0.15, 0.2) is 9.84 Å². The Morgan fingerprint density at radius 2 is 2.10 bits per heavy atom. The SMILES string of the molecule is CNC(c1cnccc1C(F)(F)F)C1CCCCS1(=O)=O. The first-order valence-corrected chi connectivity index (χ1v) is 8.39. The molecule has 2 atom stereocenters. The number of hydrogen-bond donors (Lipinski definition) is 1. The third kappa shape index (κ3) is 3.37. The van der Waals surface area contributed by atoms with E-state index < -0.39 is 32.9 Å². The zero-order chi connectivity index (χ0) is 15.7. The van der Waals surface area contributed by atoms with Crippen LogP contribution in [-0.2, 0) is 16.0 Å². The Morgan fingerprint density at radius 3 is 2.67 bits per heavy atom. The van der Waals surface area contributed by atoms with Gasteiger partial charge >= 0.3 is 6.18 Å². The molecule has 118 valence electrons. The number of nitrogens with zero attached hydrogens (tertiary/aromatic N) is 1. The molecule has 1 saturated heterocycles. The maximum Gasteiger partial charge on any atom is 0.416 e. The smallest absolute Gasteiger partial charge is 0.312 e. The first-order valence-electron chi connectivity index (χ1n) is 6.67. The maximum atomic E-state index is 13.1. The Morgan fingerprint density at radius 1 is 1.38 bits per heavy atom. The molecule has 1 aromatic heterocycles. The molecule has 2 rings (SSSR count). The lowest BCUT2D eigenvalue weighted by molar-refractivity contribution is -0.138. The Bertz CT molecular complexity index is 602. The third-order valence-electron chi connectivity index (χ3n) is 3.80. The molecule has 21 heavy (non-hydrogen) atoms. The van der Waals surface area contributed by atoms with E-state index in [1.54, 1.807) is 0 Å². The van der Waals surface area contributed by atoms with Crippen LogP contribution in [0, 0.1) is 0 Å². The second-order valence-electron chi connectivity index (χ2n) is 5.13. The molecule has 0 bridgehead atoms. The highest BCUT2D eigenvalue weighted by Crippen LogP contribution is 2.38. The van der Waals surface area contributed by atoms with Crippen molar-refractivity contribution in [2.24, 2.45) is 0 Å². The highest BCUT2D eigenvalue weighted by Gasteiger charge is 2.41. The number of sulfone groups is 1. The summed E-state index contributed by atoms with van der Waals surface area (Å²) in [4.78, 5) is 3.74. The molecule has 1 aromatic rings. The molecule has 0 radical (unpaired) electrons. The van der Waals surface area contributed by atoms with Crippen molar-refractivity contribution >= 4 is 9.84 Å². The summed E-state index contributed by atoms with van der Waals surface area (Å²) in [7, 11) is -1.93. The predicted octanol–water partition coefficient (Wildman–Crippen LogP) is 2.33. The van der Waals surface area contributed by atoms with Gasteiger partial charge in [0.2, 0.25) is 0 Å². The Kier molecular flexibility index (Phi) is 4.57. The summed E-state index contributed by atoms with van der Waals surface area (Å²) in [5.74, 6) is 0.0253. The van der Waals surface area contributed by atoms with E-state index in [-0.39, 0.29) is 11.3 Å². The van der Waals surface area contributed by atoms with Crippen molar-refractivity contribution < 1.29 is 21.6 Å². The minimum absolute atomic E-state index is 0.0253. The highest BCUT2D eigenvalue weighted by molar-refractivity contribution is 7.92. The Labute approximate surface area is 121 Å². The molecule has 0 amide bonds. The topological polar surface area (TPSA) is 59.1 Å². The van der Waals surface area contributed by atoms with Crippen molar-refractivity contribution in [3.8, 4) is 0 Å². The van der Waals surface area contributed by atoms with E-state index in [0.29, 0.717) is 19.3 Å². The molecule has 1 N–H and O–H groups in total. The van der Waals surface area contributed by atoms with Gasteiger partial charge in [0, 0.05) is 18.0 Å². The van der Waals surface area contributed by atoms with Gasteiger partial charge in [-0.15, -0.1) is 0 Å². The normalized spacial score (nSPS) is 23.7. The van der Waals surface area contributed by atoms with Crippen molar-refractivity contribution in [1.82, 2.24) is 10.3 Å². The van der Waals surface area contributed by atoms with E-state index in [0.717, 1.165) is 18.5 Å². The van der Waals surface area contributed by atoms with Crippen molar-refractivity contribution in [1.29, 1.82) is 0 Å². The van der Waals surface area contributed by atoms with Crippen LogP contribution < -0.4 is 5.32 Å². The van der Waals surface area contributed by atoms with Crippen LogP contribution in [0.4, 0.5) is 13.2 Å². The highest BCUT2D eigenvalue weighted by atomic mass is 32.2. The number of aromatic nitrogens is 1. The minimum Gasteiger partial charge on any atom is -0.312 e. The maximum absolute atomic E-state index is 13.1. The first-order chi connectivity index (χ1) is 9.77. The molecule has 1 aliphatic rings. The van der Waals surface area contributed by atoms with Gasteiger partial charge in [0.1, 0.15) is 0 Å². The summed E-state index contributed by atoms with van der Waals surface area (Å²) in [5.41, 5.74) is -0.944. The van der Waals surface area contributed by atoms with Gasteiger partial charge in [-0.3, -0.25) is 4.98 Å². The molecule has 1 aliphatic heterocycles. The fraction of sp³-hybridized carbons (Fsp3) is 0.615. The van der Waals surface area contributed by atoms with E-state index in [4.69, 9.17) is 0 Å². The Balaban J connectivity index is 2.47. The van der Waals surface area contributed by atoms with Crippen molar-refractivity contribution in [2.75, 3.05) is 12.8 Å². The van der Waals surface area contributed by atoms with Crippen LogP contribution >= 0.6 is 0 Å². The second kappa shape index (κ2) is 5.92. The fourth-order valence-corrected chi connectivity index (χ4v) is 4.94. The molecule has 4 nitrogen and oxygen atoms in total. The summed E-state index contributed by atoms with van der Waals surface area (Å²) in [6.45, 7) is 0. The van der Waals surface area contributed by atoms with Crippen molar-refractivity contribution in [2.45, 2.75) is 36.7 Å². The molecule has 8 heteroatoms. The number of hydrogen-bond acceptors (Lipinski definition) is 4. The van der Waals surface area contributed by atoms with Crippen LogP contribution in [0.25, 0.3) is 0 Å². The summed E-state index contributed by atoms with van der Waals surface area (Å²) >= 11 is 0. The van der Waals surface area contributed by atoms with Crippen LogP contribution in [0.5, 0.6) is 0 Å². The number of halogens is 3. The average molecular weight is 322 g/mol. The van der Waals surface area contributed by atoms with E-state index in [1.165, 1.54) is 7.05 Å². The number of rotatable bonds is 3. The number of alkyl halides is 3. The van der Waals surface area contributed by atoms with Crippen LogP contribution in [0.1, 0.15) is 36.4 Å². The third-order valence-corrected chi connectivity index (χ3v) is 6.09. The van der Waals surface area contributed by atoms with E-state index in [2.05, 4.69) is 10.3 Å². The molecule has 0 saturated carbocycles. The summed E-state index contributed by atoms with van der Waals surface area (Å²) in [5, 5.41) is 1.89. The van der Waals surface area contributed by atoms with Gasteiger partial charge < -0.3 is 5.32 Å². The van der Waals surface area contributed by atoms with Crippen LogP contribution in [0.3, 0.4) is 0 Å². The molecule has 2 heterocycles. The second-order valence-corrected chi connectivity index (χ2v) is 7.47. The van der Waals surface area contributed by atoms with Gasteiger partial charge in [-0.25, -0.2) is 8.42 Å². The number of nitrogens with one attached hydrogen (secondary N) is 1. The standard InChI is InChI=1S/C13H17F3N2O2S/c1-17-12(11-4-2-3-7-21(11,19)20)9-8-18-6-5-10(9)13(14,15)16/h5-6,8,11-12,17H,2-4,7H2,1H3. The van der Waals surface area contributed by atoms with Gasteiger partial charge in [-0.1, -0.05) is 6.42 Å². The zero-order valence-electron chi connectivity index (χ0n) is 11.5. The molecular weight excluding hydrogens is 305 g/mol. The minimum atomic E-state index is -4.54. The van der Waals surface area contributed by atoms with Gasteiger partial charge in [0.25, 0.3) is 0 Å². The lowest BCUT2D eigenvalue weighted by Crippen LogP contribution is -2.40. The molecule has 0 aromatic carbocycles. The summed E-state index contributed by atoms with van der Waals surface area (Å²) < 4.78 is 63.6. The van der Waals surface area contributed by atoms with Gasteiger partial charge in [-0.2, -0.15) is 13.2 Å². The largest absolute Gasteiger partial charge is 0.416 e. The molecular formula is C13H17F3N2O2S. The van der Waals surface area contributed by atoms with E-state index in [9.17, 15) is 21.6 Å². The summed E-state index contributed by atoms with van der Waals surface area (Å²) in [6, 6.07) is -0.0182. The monoisotopic (exact) mass is 322 g/mol. The molecule has 0 aliphatic carbocycles. The Hall–Kier alpha value is -1.15. The first kappa shape index (κ1) is 16.2. The molecule has 1 fully saturated rings. The van der Waals surface area contributed by atoms with Crippen LogP contribution in [0.15, 0.2) is 18.5 Å². The fourth-order valence-electron chi connectivity index (χ4n) is 2.81. The van der Waals surface area contributed by atoms with E-state index in [1.807, 2.05) is 0 Å². The van der Waals surface area contributed by atoms with Crippen LogP contribution in [-0.4, -0.2) is 31.5 Å². The quantitative estimate of drug-likeness (QED) is 0.928. The predicted molar refractivity (Wildman–Crippen MR) is 72.5 cm³/mol. The van der Waals surface area contributed by atoms with Gasteiger partial charge in [0.05, 0.1) is 22.6 Å². The number of pyridine rings is 1. The van der Waals surface area contributed by atoms with Crippen molar-refractivity contribution in [3.05, 3.63) is 29.6 Å². The van der Waals surface area contributed by atoms with Gasteiger partial charge in [-0.05, 0) is 26.0 Å². The lowest BCUT2D eigenvalue weighted by Gasteiger charge is -2.31. The average Bonchev–Trinajstić information content (AvgIpc) is 2.40. The van der Waals surface area contributed by atoms with Crippen LogP contribution in [0.2, 0.25) is 0 Å².